The maximum atomic E-state index is 12.2. The van der Waals surface area contributed by atoms with Gasteiger partial charge in [0.25, 0.3) is 0 Å². The van der Waals surface area contributed by atoms with Crippen molar-refractivity contribution in [1.82, 2.24) is 5.32 Å². The van der Waals surface area contributed by atoms with E-state index in [0.29, 0.717) is 19.8 Å². The van der Waals surface area contributed by atoms with E-state index in [9.17, 15) is 4.79 Å². The molecule has 0 aliphatic carbocycles. The van der Waals surface area contributed by atoms with Gasteiger partial charge in [-0.15, -0.1) is 12.4 Å². The molecule has 0 radical (unpaired) electrons. The lowest BCUT2D eigenvalue weighted by atomic mass is 9.74. The van der Waals surface area contributed by atoms with Gasteiger partial charge in [0.1, 0.15) is 0 Å². The number of rotatable bonds is 5. The predicted octanol–water partition coefficient (Wildman–Crippen LogP) is 2.91. The second kappa shape index (κ2) is 8.88. The van der Waals surface area contributed by atoms with E-state index in [-0.39, 0.29) is 35.7 Å². The van der Waals surface area contributed by atoms with Crippen LogP contribution in [0.5, 0.6) is 0 Å². The standard InChI is InChI=1S/C17H25ClN2O2.ClH/c1-12(13(2)19)16(21)20-11-17(7-9-22-10-8-17)14-5-3-4-6-15(14)18;/h3-6,12-13H,7-11,19H2,1-2H3,(H,20,21);1H. The van der Waals surface area contributed by atoms with E-state index >= 15 is 0 Å². The van der Waals surface area contributed by atoms with Gasteiger partial charge < -0.3 is 15.8 Å². The molecule has 0 aromatic heterocycles. The van der Waals surface area contributed by atoms with Crippen molar-refractivity contribution in [1.29, 1.82) is 0 Å². The molecule has 1 amide bonds. The Hall–Kier alpha value is -0.810. The Morgan fingerprint density at radius 1 is 1.35 bits per heavy atom. The van der Waals surface area contributed by atoms with E-state index in [1.54, 1.807) is 0 Å². The summed E-state index contributed by atoms with van der Waals surface area (Å²) < 4.78 is 5.50. The Kier molecular flexibility index (Phi) is 7.81. The van der Waals surface area contributed by atoms with Gasteiger partial charge in [0.15, 0.2) is 0 Å². The fourth-order valence-corrected chi connectivity index (χ4v) is 3.19. The third-order valence-corrected chi connectivity index (χ3v) is 5.03. The SMILES string of the molecule is CC(N)C(C)C(=O)NCC1(c2ccccc2Cl)CCOCC1.Cl. The summed E-state index contributed by atoms with van der Waals surface area (Å²) in [7, 11) is 0. The highest BCUT2D eigenvalue weighted by Gasteiger charge is 2.36. The van der Waals surface area contributed by atoms with Crippen molar-refractivity contribution >= 4 is 29.9 Å². The molecule has 2 unspecified atom stereocenters. The first kappa shape index (κ1) is 20.2. The highest BCUT2D eigenvalue weighted by Crippen LogP contribution is 2.38. The summed E-state index contributed by atoms with van der Waals surface area (Å²) in [5, 5.41) is 3.82. The zero-order valence-corrected chi connectivity index (χ0v) is 15.3. The van der Waals surface area contributed by atoms with Crippen LogP contribution < -0.4 is 11.1 Å². The quantitative estimate of drug-likeness (QED) is 0.848. The van der Waals surface area contributed by atoms with Crippen molar-refractivity contribution in [3.05, 3.63) is 34.9 Å². The molecular weight excluding hydrogens is 335 g/mol. The van der Waals surface area contributed by atoms with Crippen LogP contribution in [0.4, 0.5) is 0 Å². The Labute approximate surface area is 149 Å². The number of hydrogen-bond acceptors (Lipinski definition) is 3. The second-order valence-electron chi connectivity index (χ2n) is 6.24. The second-order valence-corrected chi connectivity index (χ2v) is 6.65. The van der Waals surface area contributed by atoms with Crippen LogP contribution in [0.3, 0.4) is 0 Å². The molecule has 0 spiro atoms. The molecule has 1 heterocycles. The summed E-state index contributed by atoms with van der Waals surface area (Å²) in [6, 6.07) is 7.71. The maximum absolute atomic E-state index is 12.2. The zero-order valence-electron chi connectivity index (χ0n) is 13.7. The average Bonchev–Trinajstić information content (AvgIpc) is 2.53. The van der Waals surface area contributed by atoms with Crippen molar-refractivity contribution in [3.8, 4) is 0 Å². The van der Waals surface area contributed by atoms with Crippen molar-refractivity contribution in [3.63, 3.8) is 0 Å². The lowest BCUT2D eigenvalue weighted by Gasteiger charge is -2.38. The van der Waals surface area contributed by atoms with Gasteiger partial charge in [-0.05, 0) is 31.4 Å². The van der Waals surface area contributed by atoms with Crippen LogP contribution in [0.1, 0.15) is 32.3 Å². The van der Waals surface area contributed by atoms with Crippen LogP contribution in [-0.2, 0) is 14.9 Å². The van der Waals surface area contributed by atoms with Crippen molar-refractivity contribution in [2.75, 3.05) is 19.8 Å². The number of benzene rings is 1. The van der Waals surface area contributed by atoms with E-state index in [2.05, 4.69) is 11.4 Å². The van der Waals surface area contributed by atoms with Crippen LogP contribution in [0.2, 0.25) is 5.02 Å². The van der Waals surface area contributed by atoms with Gasteiger partial charge in [-0.25, -0.2) is 0 Å². The molecule has 23 heavy (non-hydrogen) atoms. The van der Waals surface area contributed by atoms with Crippen molar-refractivity contribution in [2.24, 2.45) is 11.7 Å². The number of carbonyl (C=O) groups is 1. The number of hydrogen-bond donors (Lipinski definition) is 2. The Morgan fingerprint density at radius 3 is 2.52 bits per heavy atom. The molecule has 1 aromatic rings. The number of nitrogens with one attached hydrogen (secondary N) is 1. The summed E-state index contributed by atoms with van der Waals surface area (Å²) >= 11 is 6.40. The number of nitrogens with two attached hydrogens (primary N) is 1. The minimum absolute atomic E-state index is 0. The van der Waals surface area contributed by atoms with Crippen molar-refractivity contribution < 1.29 is 9.53 Å². The first-order valence-corrected chi connectivity index (χ1v) is 8.20. The molecule has 0 saturated carbocycles. The van der Waals surface area contributed by atoms with Crippen LogP contribution in [0, 0.1) is 5.92 Å². The lowest BCUT2D eigenvalue weighted by molar-refractivity contribution is -0.125. The average molecular weight is 361 g/mol. The van der Waals surface area contributed by atoms with Gasteiger partial charge in [-0.2, -0.15) is 0 Å². The summed E-state index contributed by atoms with van der Waals surface area (Å²) in [6.45, 7) is 5.64. The fourth-order valence-electron chi connectivity index (χ4n) is 2.85. The summed E-state index contributed by atoms with van der Waals surface area (Å²) in [6.07, 6.45) is 1.70. The third-order valence-electron chi connectivity index (χ3n) is 4.70. The largest absolute Gasteiger partial charge is 0.381 e. The molecule has 130 valence electrons. The zero-order chi connectivity index (χ0) is 16.2. The van der Waals surface area contributed by atoms with Gasteiger partial charge in [-0.3, -0.25) is 4.79 Å². The monoisotopic (exact) mass is 360 g/mol. The normalized spacial score (nSPS) is 19.3. The van der Waals surface area contributed by atoms with Gasteiger partial charge in [0, 0.05) is 42.2 Å². The van der Waals surface area contributed by atoms with E-state index in [1.165, 1.54) is 0 Å². The highest BCUT2D eigenvalue weighted by molar-refractivity contribution is 6.31. The number of halogens is 2. The van der Waals surface area contributed by atoms with E-state index in [0.717, 1.165) is 23.4 Å². The van der Waals surface area contributed by atoms with Gasteiger partial charge in [-0.1, -0.05) is 36.7 Å². The van der Waals surface area contributed by atoms with E-state index in [4.69, 9.17) is 22.1 Å². The molecule has 1 fully saturated rings. The van der Waals surface area contributed by atoms with Crippen LogP contribution in [-0.4, -0.2) is 31.7 Å². The molecule has 1 saturated heterocycles. The molecule has 1 aliphatic rings. The fraction of sp³-hybridized carbons (Fsp3) is 0.588. The lowest BCUT2D eigenvalue weighted by Crippen LogP contribution is -2.47. The summed E-state index contributed by atoms with van der Waals surface area (Å²) in [5.74, 6) is -0.212. The topological polar surface area (TPSA) is 64.4 Å². The summed E-state index contributed by atoms with van der Waals surface area (Å²) in [4.78, 5) is 12.2. The Balaban J connectivity index is 0.00000264. The van der Waals surface area contributed by atoms with E-state index in [1.807, 2.05) is 32.0 Å². The molecule has 1 aliphatic heterocycles. The molecule has 3 N–H and O–H groups in total. The minimum atomic E-state index is -0.205. The first-order valence-electron chi connectivity index (χ1n) is 7.82. The van der Waals surface area contributed by atoms with Crippen molar-refractivity contribution in [2.45, 2.75) is 38.1 Å². The number of ether oxygens (including phenoxy) is 1. The molecule has 2 rings (SSSR count). The predicted molar refractivity (Wildman–Crippen MR) is 96.3 cm³/mol. The van der Waals surface area contributed by atoms with Gasteiger partial charge >= 0.3 is 0 Å². The Morgan fingerprint density at radius 2 is 1.96 bits per heavy atom. The molecular formula is C17H26Cl2N2O2. The molecule has 1 aromatic carbocycles. The smallest absolute Gasteiger partial charge is 0.224 e. The number of amides is 1. The first-order chi connectivity index (χ1) is 10.5. The molecule has 2 atom stereocenters. The number of carbonyl (C=O) groups excluding carboxylic acids is 1. The third kappa shape index (κ3) is 4.83. The maximum Gasteiger partial charge on any atom is 0.224 e. The molecule has 6 heteroatoms. The minimum Gasteiger partial charge on any atom is -0.381 e. The molecule has 0 bridgehead atoms. The van der Waals surface area contributed by atoms with Crippen LogP contribution >= 0.6 is 24.0 Å². The van der Waals surface area contributed by atoms with E-state index < -0.39 is 0 Å². The molecule has 4 nitrogen and oxygen atoms in total. The van der Waals surface area contributed by atoms with Gasteiger partial charge in [0.05, 0.1) is 0 Å². The van der Waals surface area contributed by atoms with Gasteiger partial charge in [0.2, 0.25) is 5.91 Å². The van der Waals surface area contributed by atoms with Crippen LogP contribution in [0.25, 0.3) is 0 Å². The highest BCUT2D eigenvalue weighted by atomic mass is 35.5. The van der Waals surface area contributed by atoms with Crippen LogP contribution in [0.15, 0.2) is 24.3 Å². The summed E-state index contributed by atoms with van der Waals surface area (Å²) in [5.41, 5.74) is 6.74. The Bertz CT molecular complexity index is 517.